The van der Waals surface area contributed by atoms with Crippen molar-refractivity contribution in [2.45, 2.75) is 6.54 Å². The first-order valence-corrected chi connectivity index (χ1v) is 6.18. The van der Waals surface area contributed by atoms with E-state index in [0.29, 0.717) is 17.8 Å². The van der Waals surface area contributed by atoms with Crippen LogP contribution in [0.3, 0.4) is 0 Å². The van der Waals surface area contributed by atoms with Gasteiger partial charge in [0.1, 0.15) is 5.82 Å². The highest BCUT2D eigenvalue weighted by atomic mass is 19.1. The van der Waals surface area contributed by atoms with Gasteiger partial charge in [-0.15, -0.1) is 0 Å². The monoisotopic (exact) mass is 287 g/mol. The highest BCUT2D eigenvalue weighted by Gasteiger charge is 2.07. The number of amides is 1. The molecule has 21 heavy (non-hydrogen) atoms. The van der Waals surface area contributed by atoms with E-state index in [2.05, 4.69) is 16.9 Å². The standard InChI is InChI=1S/C15H14FN3O2/c1-10(19-21)14-7-4-12(9-17-14)15(20)18-8-11-2-5-13(16)6-3-11/h2-7,9,19,21H,1,8H2,(H,18,20). The summed E-state index contributed by atoms with van der Waals surface area (Å²) < 4.78 is 12.8. The summed E-state index contributed by atoms with van der Waals surface area (Å²) in [6.45, 7) is 3.84. The van der Waals surface area contributed by atoms with Gasteiger partial charge >= 0.3 is 0 Å². The summed E-state index contributed by atoms with van der Waals surface area (Å²) in [4.78, 5) is 15.9. The van der Waals surface area contributed by atoms with Gasteiger partial charge < -0.3 is 5.32 Å². The summed E-state index contributed by atoms with van der Waals surface area (Å²) in [7, 11) is 0. The second-order valence-corrected chi connectivity index (χ2v) is 4.33. The summed E-state index contributed by atoms with van der Waals surface area (Å²) in [5.41, 5.74) is 3.75. The van der Waals surface area contributed by atoms with Crippen molar-refractivity contribution in [1.29, 1.82) is 0 Å². The third kappa shape index (κ3) is 3.87. The lowest BCUT2D eigenvalue weighted by atomic mass is 10.2. The molecule has 0 unspecified atom stereocenters. The molecular weight excluding hydrogens is 273 g/mol. The van der Waals surface area contributed by atoms with Crippen LogP contribution in [0.4, 0.5) is 4.39 Å². The Bertz CT molecular complexity index is 639. The van der Waals surface area contributed by atoms with Gasteiger partial charge in [0, 0.05) is 12.7 Å². The molecule has 0 bridgehead atoms. The Balaban J connectivity index is 1.97. The quantitative estimate of drug-likeness (QED) is 0.736. The van der Waals surface area contributed by atoms with Crippen molar-refractivity contribution < 1.29 is 14.4 Å². The molecule has 6 heteroatoms. The molecule has 0 saturated heterocycles. The molecule has 5 nitrogen and oxygen atoms in total. The number of aromatic nitrogens is 1. The zero-order chi connectivity index (χ0) is 15.2. The van der Waals surface area contributed by atoms with Crippen molar-refractivity contribution in [3.05, 3.63) is 71.8 Å². The molecule has 3 N–H and O–H groups in total. The van der Waals surface area contributed by atoms with E-state index in [0.717, 1.165) is 5.56 Å². The number of benzene rings is 1. The van der Waals surface area contributed by atoms with Crippen LogP contribution in [0.2, 0.25) is 0 Å². The smallest absolute Gasteiger partial charge is 0.253 e. The van der Waals surface area contributed by atoms with E-state index in [1.807, 2.05) is 5.48 Å². The van der Waals surface area contributed by atoms with Gasteiger partial charge in [0.25, 0.3) is 5.91 Å². The zero-order valence-corrected chi connectivity index (χ0v) is 11.1. The predicted octanol–water partition coefficient (Wildman–Crippen LogP) is 2.10. The van der Waals surface area contributed by atoms with E-state index < -0.39 is 0 Å². The lowest BCUT2D eigenvalue weighted by Gasteiger charge is -2.07. The van der Waals surface area contributed by atoms with Gasteiger partial charge in [-0.3, -0.25) is 20.5 Å². The van der Waals surface area contributed by atoms with Crippen LogP contribution >= 0.6 is 0 Å². The van der Waals surface area contributed by atoms with Gasteiger partial charge in [0.05, 0.1) is 17.0 Å². The molecule has 0 fully saturated rings. The van der Waals surface area contributed by atoms with E-state index in [-0.39, 0.29) is 17.4 Å². The average Bonchev–Trinajstić information content (AvgIpc) is 2.53. The fourth-order valence-corrected chi connectivity index (χ4v) is 1.65. The molecule has 0 spiro atoms. The SMILES string of the molecule is C=C(NO)c1ccc(C(=O)NCc2ccc(F)cc2)cn1. The zero-order valence-electron chi connectivity index (χ0n) is 11.1. The molecule has 0 saturated carbocycles. The second-order valence-electron chi connectivity index (χ2n) is 4.33. The third-order valence-corrected chi connectivity index (χ3v) is 2.84. The second kappa shape index (κ2) is 6.62. The van der Waals surface area contributed by atoms with Gasteiger partial charge in [-0.1, -0.05) is 18.7 Å². The van der Waals surface area contributed by atoms with Crippen molar-refractivity contribution in [2.24, 2.45) is 0 Å². The molecule has 1 heterocycles. The molecule has 0 atom stereocenters. The molecule has 1 aromatic carbocycles. The third-order valence-electron chi connectivity index (χ3n) is 2.84. The summed E-state index contributed by atoms with van der Waals surface area (Å²) in [5, 5.41) is 11.4. The van der Waals surface area contributed by atoms with Crippen molar-refractivity contribution in [1.82, 2.24) is 15.8 Å². The minimum absolute atomic E-state index is 0.244. The maximum atomic E-state index is 12.8. The fraction of sp³-hybridized carbons (Fsp3) is 0.0667. The molecular formula is C15H14FN3O2. The number of nitrogens with zero attached hydrogens (tertiary/aromatic N) is 1. The number of carbonyl (C=O) groups is 1. The van der Waals surface area contributed by atoms with Crippen LogP contribution in [-0.4, -0.2) is 16.1 Å². The maximum Gasteiger partial charge on any atom is 0.253 e. The van der Waals surface area contributed by atoms with E-state index in [4.69, 9.17) is 5.21 Å². The van der Waals surface area contributed by atoms with E-state index in [9.17, 15) is 9.18 Å². The Morgan fingerprint density at radius 1 is 1.24 bits per heavy atom. The van der Waals surface area contributed by atoms with Crippen LogP contribution in [0.5, 0.6) is 0 Å². The lowest BCUT2D eigenvalue weighted by Crippen LogP contribution is -2.23. The molecule has 1 amide bonds. The summed E-state index contributed by atoms with van der Waals surface area (Å²) >= 11 is 0. The Morgan fingerprint density at radius 3 is 2.52 bits per heavy atom. The Morgan fingerprint density at radius 2 is 1.95 bits per heavy atom. The first kappa shape index (κ1) is 14.7. The fourth-order valence-electron chi connectivity index (χ4n) is 1.65. The van der Waals surface area contributed by atoms with Crippen molar-refractivity contribution >= 4 is 11.6 Å². The van der Waals surface area contributed by atoms with Gasteiger partial charge in [-0.25, -0.2) is 4.39 Å². The topological polar surface area (TPSA) is 74.2 Å². The van der Waals surface area contributed by atoms with Gasteiger partial charge in [-0.2, -0.15) is 0 Å². The molecule has 0 aliphatic carbocycles. The van der Waals surface area contributed by atoms with Gasteiger partial charge in [-0.05, 0) is 29.8 Å². The first-order valence-electron chi connectivity index (χ1n) is 6.18. The molecule has 0 aliphatic heterocycles. The number of hydroxylamine groups is 1. The Kier molecular flexibility index (Phi) is 4.63. The number of rotatable bonds is 5. The van der Waals surface area contributed by atoms with Crippen LogP contribution in [0, 0.1) is 5.82 Å². The predicted molar refractivity (Wildman–Crippen MR) is 75.8 cm³/mol. The summed E-state index contributed by atoms with van der Waals surface area (Å²) in [6, 6.07) is 9.03. The number of carbonyl (C=O) groups excluding carboxylic acids is 1. The number of hydrogen-bond acceptors (Lipinski definition) is 4. The summed E-state index contributed by atoms with van der Waals surface area (Å²) in [5.74, 6) is -0.608. The first-order chi connectivity index (χ1) is 10.1. The van der Waals surface area contributed by atoms with Crippen LogP contribution in [0.25, 0.3) is 5.70 Å². The molecule has 2 rings (SSSR count). The average molecular weight is 287 g/mol. The van der Waals surface area contributed by atoms with Crippen molar-refractivity contribution in [3.63, 3.8) is 0 Å². The van der Waals surface area contributed by atoms with E-state index in [1.54, 1.807) is 24.3 Å². The van der Waals surface area contributed by atoms with Crippen LogP contribution in [-0.2, 0) is 6.54 Å². The minimum atomic E-state index is -0.317. The highest BCUT2D eigenvalue weighted by molar-refractivity contribution is 5.93. The summed E-state index contributed by atoms with van der Waals surface area (Å²) in [6.07, 6.45) is 1.39. The normalized spacial score (nSPS) is 10.0. The van der Waals surface area contributed by atoms with Crippen LogP contribution in [0.1, 0.15) is 21.6 Å². The molecule has 108 valence electrons. The molecule has 0 aliphatic rings. The number of hydrogen-bond donors (Lipinski definition) is 3. The van der Waals surface area contributed by atoms with E-state index >= 15 is 0 Å². The Hall–Kier alpha value is -2.73. The van der Waals surface area contributed by atoms with E-state index in [1.165, 1.54) is 18.3 Å². The van der Waals surface area contributed by atoms with Crippen LogP contribution < -0.4 is 10.8 Å². The van der Waals surface area contributed by atoms with Gasteiger partial charge in [0.15, 0.2) is 0 Å². The molecule has 1 aromatic heterocycles. The minimum Gasteiger partial charge on any atom is -0.348 e. The lowest BCUT2D eigenvalue weighted by molar-refractivity contribution is 0.0950. The van der Waals surface area contributed by atoms with Crippen molar-refractivity contribution in [3.8, 4) is 0 Å². The van der Waals surface area contributed by atoms with Crippen molar-refractivity contribution in [2.75, 3.05) is 0 Å². The Labute approximate surface area is 121 Å². The largest absolute Gasteiger partial charge is 0.348 e. The van der Waals surface area contributed by atoms with Crippen LogP contribution in [0.15, 0.2) is 49.2 Å². The molecule has 0 radical (unpaired) electrons. The molecule has 2 aromatic rings. The number of pyridine rings is 1. The number of halogens is 1. The maximum absolute atomic E-state index is 12.8. The highest BCUT2D eigenvalue weighted by Crippen LogP contribution is 2.07. The van der Waals surface area contributed by atoms with Gasteiger partial charge in [0.2, 0.25) is 0 Å². The number of nitrogens with one attached hydrogen (secondary N) is 2.